The number of para-hydroxylation sites is 1. The third-order valence-corrected chi connectivity index (χ3v) is 3.98. The molecule has 0 atom stereocenters. The summed E-state index contributed by atoms with van der Waals surface area (Å²) in [6.07, 6.45) is 3.58. The molecule has 0 aliphatic rings. The second kappa shape index (κ2) is 9.11. The number of aryl methyl sites for hydroxylation is 1. The minimum atomic E-state index is -0.247. The number of hydrogen-bond donors (Lipinski definition) is 0. The highest BCUT2D eigenvalue weighted by Crippen LogP contribution is 2.15. The lowest BCUT2D eigenvalue weighted by atomic mass is 10.2. The summed E-state index contributed by atoms with van der Waals surface area (Å²) in [4.78, 5) is 25.8. The summed E-state index contributed by atoms with van der Waals surface area (Å²) < 4.78 is 7.04. The fraction of sp³-hybridized carbons (Fsp3) is 0.474. The van der Waals surface area contributed by atoms with Gasteiger partial charge in [0.05, 0.1) is 13.0 Å². The van der Waals surface area contributed by atoms with Crippen molar-refractivity contribution < 1.29 is 14.3 Å². The summed E-state index contributed by atoms with van der Waals surface area (Å²) in [7, 11) is 0. The van der Waals surface area contributed by atoms with Gasteiger partial charge in [0.25, 0.3) is 0 Å². The van der Waals surface area contributed by atoms with Gasteiger partial charge < -0.3 is 14.2 Å². The van der Waals surface area contributed by atoms with Gasteiger partial charge in [0, 0.05) is 37.8 Å². The van der Waals surface area contributed by atoms with Crippen LogP contribution in [0, 0.1) is 0 Å². The number of nitrogens with zero attached hydrogens (tertiary/aromatic N) is 2. The standard InChI is InChI=1S/C19H26N2O3/c1-3-12-21(15-11-19(23)24-4-2)18(22)10-14-20-13-9-16-7-5-6-8-17(16)20/h5-9,13H,3-4,10-12,14-15H2,1-2H3. The van der Waals surface area contributed by atoms with Crippen LogP contribution < -0.4 is 0 Å². The number of ether oxygens (including phenoxy) is 1. The van der Waals surface area contributed by atoms with Crippen molar-refractivity contribution >= 4 is 22.8 Å². The molecule has 24 heavy (non-hydrogen) atoms. The van der Waals surface area contributed by atoms with E-state index in [4.69, 9.17) is 4.74 Å². The lowest BCUT2D eigenvalue weighted by Crippen LogP contribution is -2.34. The SMILES string of the molecule is CCCN(CCC(=O)OCC)C(=O)CCn1ccc2ccccc21. The molecule has 5 heteroatoms. The zero-order chi connectivity index (χ0) is 17.4. The Hall–Kier alpha value is -2.30. The molecule has 0 radical (unpaired) electrons. The molecule has 0 spiro atoms. The maximum atomic E-state index is 12.5. The molecule has 0 saturated carbocycles. The highest BCUT2D eigenvalue weighted by molar-refractivity contribution is 5.81. The number of benzene rings is 1. The minimum absolute atomic E-state index is 0.0823. The fourth-order valence-electron chi connectivity index (χ4n) is 2.80. The molecule has 1 aromatic carbocycles. The van der Waals surface area contributed by atoms with E-state index >= 15 is 0 Å². The van der Waals surface area contributed by atoms with Crippen molar-refractivity contribution in [1.82, 2.24) is 9.47 Å². The van der Waals surface area contributed by atoms with Crippen molar-refractivity contribution in [3.05, 3.63) is 36.5 Å². The van der Waals surface area contributed by atoms with Gasteiger partial charge in [-0.05, 0) is 30.9 Å². The van der Waals surface area contributed by atoms with Crippen LogP contribution in [0.1, 0.15) is 33.1 Å². The van der Waals surface area contributed by atoms with Crippen LogP contribution in [-0.4, -0.2) is 41.0 Å². The lowest BCUT2D eigenvalue weighted by Gasteiger charge is -2.22. The molecule has 0 N–H and O–H groups in total. The molecule has 0 unspecified atom stereocenters. The fourth-order valence-corrected chi connectivity index (χ4v) is 2.80. The van der Waals surface area contributed by atoms with Crippen LogP contribution in [0.3, 0.4) is 0 Å². The average molecular weight is 330 g/mol. The Morgan fingerprint density at radius 3 is 2.62 bits per heavy atom. The number of rotatable bonds is 9. The average Bonchev–Trinajstić information content (AvgIpc) is 3.00. The molecule has 0 saturated heterocycles. The molecular formula is C19H26N2O3. The summed E-state index contributed by atoms with van der Waals surface area (Å²) >= 11 is 0. The van der Waals surface area contributed by atoms with Crippen LogP contribution in [-0.2, 0) is 20.9 Å². The zero-order valence-corrected chi connectivity index (χ0v) is 14.5. The van der Waals surface area contributed by atoms with Crippen LogP contribution in [0.2, 0.25) is 0 Å². The molecule has 0 bridgehead atoms. The molecule has 0 aliphatic carbocycles. The predicted octanol–water partition coefficient (Wildman–Crippen LogP) is 3.22. The predicted molar refractivity (Wildman–Crippen MR) is 94.7 cm³/mol. The molecule has 0 aliphatic heterocycles. The van der Waals surface area contributed by atoms with E-state index in [0.717, 1.165) is 11.9 Å². The summed E-state index contributed by atoms with van der Waals surface area (Å²) in [6.45, 7) is 5.94. The first-order valence-corrected chi connectivity index (χ1v) is 8.63. The number of fused-ring (bicyclic) bond motifs is 1. The Morgan fingerprint density at radius 2 is 1.88 bits per heavy atom. The van der Waals surface area contributed by atoms with Gasteiger partial charge in [-0.1, -0.05) is 25.1 Å². The number of carbonyl (C=O) groups excluding carboxylic acids is 2. The number of esters is 1. The topological polar surface area (TPSA) is 51.5 Å². The van der Waals surface area contributed by atoms with Gasteiger partial charge in [-0.25, -0.2) is 0 Å². The summed E-state index contributed by atoms with van der Waals surface area (Å²) in [6, 6.07) is 10.2. The summed E-state index contributed by atoms with van der Waals surface area (Å²) in [5.74, 6) is -0.165. The number of hydrogen-bond acceptors (Lipinski definition) is 3. The summed E-state index contributed by atoms with van der Waals surface area (Å²) in [5.41, 5.74) is 1.14. The van der Waals surface area contributed by atoms with E-state index in [0.29, 0.717) is 32.7 Å². The first-order chi connectivity index (χ1) is 11.7. The Morgan fingerprint density at radius 1 is 1.08 bits per heavy atom. The van der Waals surface area contributed by atoms with E-state index in [1.165, 1.54) is 5.39 Å². The van der Waals surface area contributed by atoms with Gasteiger partial charge in [-0.3, -0.25) is 9.59 Å². The van der Waals surface area contributed by atoms with E-state index in [2.05, 4.69) is 22.8 Å². The molecule has 5 nitrogen and oxygen atoms in total. The largest absolute Gasteiger partial charge is 0.466 e. The first kappa shape index (κ1) is 18.0. The monoisotopic (exact) mass is 330 g/mol. The quantitative estimate of drug-likeness (QED) is 0.663. The highest BCUT2D eigenvalue weighted by Gasteiger charge is 2.15. The number of aromatic nitrogens is 1. The maximum absolute atomic E-state index is 12.5. The third-order valence-electron chi connectivity index (χ3n) is 3.98. The van der Waals surface area contributed by atoms with Crippen LogP contribution in [0.25, 0.3) is 10.9 Å². The van der Waals surface area contributed by atoms with Gasteiger partial charge in [0.15, 0.2) is 0 Å². The smallest absolute Gasteiger partial charge is 0.307 e. The second-order valence-corrected chi connectivity index (χ2v) is 5.75. The molecule has 130 valence electrons. The van der Waals surface area contributed by atoms with Crippen molar-refractivity contribution in [3.63, 3.8) is 0 Å². The van der Waals surface area contributed by atoms with Crippen LogP contribution >= 0.6 is 0 Å². The molecular weight excluding hydrogens is 304 g/mol. The normalized spacial score (nSPS) is 10.8. The van der Waals surface area contributed by atoms with E-state index in [1.54, 1.807) is 11.8 Å². The van der Waals surface area contributed by atoms with Gasteiger partial charge in [-0.15, -0.1) is 0 Å². The first-order valence-electron chi connectivity index (χ1n) is 8.63. The van der Waals surface area contributed by atoms with Crippen molar-refractivity contribution in [1.29, 1.82) is 0 Å². The van der Waals surface area contributed by atoms with E-state index in [1.807, 2.05) is 25.3 Å². The van der Waals surface area contributed by atoms with Gasteiger partial charge in [0.1, 0.15) is 0 Å². The van der Waals surface area contributed by atoms with Crippen LogP contribution in [0.5, 0.6) is 0 Å². The molecule has 1 aromatic heterocycles. The van der Waals surface area contributed by atoms with Gasteiger partial charge in [-0.2, -0.15) is 0 Å². The molecule has 1 heterocycles. The van der Waals surface area contributed by atoms with Crippen molar-refractivity contribution in [2.75, 3.05) is 19.7 Å². The highest BCUT2D eigenvalue weighted by atomic mass is 16.5. The van der Waals surface area contributed by atoms with Crippen LogP contribution in [0.15, 0.2) is 36.5 Å². The van der Waals surface area contributed by atoms with Gasteiger partial charge in [0.2, 0.25) is 5.91 Å². The Bertz CT molecular complexity index is 678. The Labute approximate surface area is 143 Å². The Balaban J connectivity index is 1.91. The van der Waals surface area contributed by atoms with Gasteiger partial charge >= 0.3 is 5.97 Å². The molecule has 2 aromatic rings. The molecule has 0 fully saturated rings. The molecule has 1 amide bonds. The Kier molecular flexibility index (Phi) is 6.85. The van der Waals surface area contributed by atoms with E-state index in [9.17, 15) is 9.59 Å². The van der Waals surface area contributed by atoms with Crippen molar-refractivity contribution in [3.8, 4) is 0 Å². The van der Waals surface area contributed by atoms with E-state index < -0.39 is 0 Å². The van der Waals surface area contributed by atoms with Crippen molar-refractivity contribution in [2.24, 2.45) is 0 Å². The second-order valence-electron chi connectivity index (χ2n) is 5.75. The maximum Gasteiger partial charge on any atom is 0.307 e. The molecule has 2 rings (SSSR count). The van der Waals surface area contributed by atoms with Crippen molar-refractivity contribution in [2.45, 2.75) is 39.7 Å². The third kappa shape index (κ3) is 4.85. The minimum Gasteiger partial charge on any atom is -0.466 e. The zero-order valence-electron chi connectivity index (χ0n) is 14.5. The van der Waals surface area contributed by atoms with E-state index in [-0.39, 0.29) is 18.3 Å². The number of amides is 1. The number of carbonyl (C=O) groups is 2. The lowest BCUT2D eigenvalue weighted by molar-refractivity contribution is -0.144. The summed E-state index contributed by atoms with van der Waals surface area (Å²) in [5, 5.41) is 1.18. The van der Waals surface area contributed by atoms with Crippen LogP contribution in [0.4, 0.5) is 0 Å².